The molecule has 4 rings (SSSR count). The Kier molecular flexibility index (Phi) is 7.50. The average Bonchev–Trinajstić information content (AvgIpc) is 3.24. The van der Waals surface area contributed by atoms with E-state index in [1.807, 2.05) is 12.1 Å². The molecule has 31 heavy (non-hydrogen) atoms. The highest BCUT2D eigenvalue weighted by atomic mass is 35.5. The lowest BCUT2D eigenvalue weighted by atomic mass is 9.98. The van der Waals surface area contributed by atoms with Crippen LogP contribution in [0, 0.1) is 0 Å². The predicted molar refractivity (Wildman–Crippen MR) is 119 cm³/mol. The number of halogens is 1. The highest BCUT2D eigenvalue weighted by molar-refractivity contribution is 7.93. The topological polar surface area (TPSA) is 92.4 Å². The Labute approximate surface area is 188 Å². The minimum absolute atomic E-state index is 0. The van der Waals surface area contributed by atoms with Gasteiger partial charge in [0.05, 0.1) is 20.4 Å². The Hall–Kier alpha value is -2.24. The number of fused-ring (bicyclic) bond motifs is 2. The largest absolute Gasteiger partial charge is 0.493 e. The first kappa shape index (κ1) is 23.4. The maximum Gasteiger partial charge on any atom is 0.242 e. The molecule has 0 spiro atoms. The Morgan fingerprint density at radius 3 is 2.68 bits per heavy atom. The Balaban J connectivity index is 0.00000272. The van der Waals surface area contributed by atoms with E-state index >= 15 is 0 Å². The van der Waals surface area contributed by atoms with Crippen molar-refractivity contribution in [1.29, 1.82) is 0 Å². The molecule has 3 aliphatic heterocycles. The van der Waals surface area contributed by atoms with Crippen LogP contribution in [0.4, 0.5) is 0 Å². The van der Waals surface area contributed by atoms with Crippen LogP contribution in [-0.4, -0.2) is 52.2 Å². The van der Waals surface area contributed by atoms with Gasteiger partial charge in [0.15, 0.2) is 11.5 Å². The second-order valence-electron chi connectivity index (χ2n) is 7.19. The zero-order valence-electron chi connectivity index (χ0n) is 17.5. The van der Waals surface area contributed by atoms with E-state index in [1.165, 1.54) is 22.4 Å². The molecule has 0 aromatic heterocycles. The monoisotopic (exact) mass is 470 g/mol. The van der Waals surface area contributed by atoms with E-state index < -0.39 is 10.0 Å². The number of rotatable bonds is 8. The van der Waals surface area contributed by atoms with Gasteiger partial charge in [0.2, 0.25) is 10.0 Å². The molecule has 3 aliphatic rings. The zero-order chi connectivity index (χ0) is 21.1. The third-order valence-electron chi connectivity index (χ3n) is 5.34. The fourth-order valence-electron chi connectivity index (χ4n) is 3.78. The number of hydrogen-bond donors (Lipinski definition) is 2. The van der Waals surface area contributed by atoms with Crippen molar-refractivity contribution >= 4 is 22.4 Å². The van der Waals surface area contributed by atoms with Gasteiger partial charge < -0.3 is 9.47 Å². The number of nitrogens with one attached hydrogen (secondary N) is 2. The van der Waals surface area contributed by atoms with Crippen molar-refractivity contribution in [3.05, 3.63) is 58.4 Å². The van der Waals surface area contributed by atoms with E-state index in [9.17, 15) is 8.42 Å². The van der Waals surface area contributed by atoms with Gasteiger partial charge in [-0.15, -0.1) is 12.4 Å². The van der Waals surface area contributed by atoms with Gasteiger partial charge >= 0.3 is 0 Å². The second kappa shape index (κ2) is 9.92. The fraction of sp³-hybridized carbons (Fsp3) is 0.400. The Bertz CT molecular complexity index is 1010. The van der Waals surface area contributed by atoms with Crippen LogP contribution < -0.4 is 19.7 Å². The summed E-state index contributed by atoms with van der Waals surface area (Å²) in [5.74, 6) is 1.48. The number of hydroxylamine groups is 3. The van der Waals surface area contributed by atoms with Gasteiger partial charge in [0.1, 0.15) is 10.6 Å². The van der Waals surface area contributed by atoms with Gasteiger partial charge in [-0.1, -0.05) is 0 Å². The van der Waals surface area contributed by atoms with E-state index in [2.05, 4.69) is 15.1 Å². The number of hydrogen-bond acceptors (Lipinski definition) is 8. The van der Waals surface area contributed by atoms with Gasteiger partial charge in [0, 0.05) is 25.8 Å². The molecule has 0 atom stereocenters. The molecule has 0 saturated heterocycles. The summed E-state index contributed by atoms with van der Waals surface area (Å²) in [5.41, 5.74) is 5.51. The van der Waals surface area contributed by atoms with E-state index in [0.717, 1.165) is 37.6 Å². The highest BCUT2D eigenvalue weighted by Gasteiger charge is 2.29. The minimum atomic E-state index is -3.62. The van der Waals surface area contributed by atoms with Crippen molar-refractivity contribution in [3.63, 3.8) is 0 Å². The number of ether oxygens (including phenoxy) is 2. The summed E-state index contributed by atoms with van der Waals surface area (Å²) in [6.07, 6.45) is 7.99. The number of benzene rings is 1. The molecule has 170 valence electrons. The van der Waals surface area contributed by atoms with Crippen molar-refractivity contribution in [2.24, 2.45) is 0 Å². The molecule has 1 aromatic rings. The van der Waals surface area contributed by atoms with E-state index in [0.29, 0.717) is 18.7 Å². The van der Waals surface area contributed by atoms with E-state index in [4.69, 9.17) is 14.4 Å². The molecule has 2 N–H and O–H groups in total. The third kappa shape index (κ3) is 4.99. The lowest BCUT2D eigenvalue weighted by Gasteiger charge is -2.29. The van der Waals surface area contributed by atoms with Crippen LogP contribution in [-0.2, 0) is 27.9 Å². The van der Waals surface area contributed by atoms with E-state index in [-0.39, 0.29) is 17.3 Å². The number of methoxy groups -OCH3 is 2. The quantitative estimate of drug-likeness (QED) is 0.556. The lowest BCUT2D eigenvalue weighted by Crippen LogP contribution is -2.34. The third-order valence-corrected chi connectivity index (χ3v) is 6.84. The molecule has 0 aliphatic carbocycles. The van der Waals surface area contributed by atoms with Gasteiger partial charge in [-0.3, -0.25) is 4.90 Å². The van der Waals surface area contributed by atoms with Crippen LogP contribution in [0.1, 0.15) is 17.5 Å². The minimum Gasteiger partial charge on any atom is -0.493 e. The molecule has 11 heteroatoms. The van der Waals surface area contributed by atoms with Gasteiger partial charge in [-0.25, -0.2) is 23.7 Å². The van der Waals surface area contributed by atoms with Crippen molar-refractivity contribution in [1.82, 2.24) is 20.2 Å². The first-order valence-corrected chi connectivity index (χ1v) is 11.3. The van der Waals surface area contributed by atoms with Crippen LogP contribution in [0.15, 0.2) is 47.3 Å². The molecule has 0 unspecified atom stereocenters. The standard InChI is InChI=1S/C20H26N4O5S.ClH/c1-27-18-11-15-6-10-23(14-16(15)12-19(18)28-2)8-4-7-22-30(25,26)20-5-3-9-24-17(20)13-21-29-24;/h3,5,9,11-13,21-22H,4,6-8,10,14H2,1-2H3;1H. The maximum absolute atomic E-state index is 12.7. The second-order valence-corrected chi connectivity index (χ2v) is 8.93. The summed E-state index contributed by atoms with van der Waals surface area (Å²) in [7, 11) is -0.345. The molecule has 0 radical (unpaired) electrons. The summed E-state index contributed by atoms with van der Waals surface area (Å²) in [5, 5.41) is 1.38. The number of allylic oxidation sites excluding steroid dienone is 2. The average molecular weight is 471 g/mol. The lowest BCUT2D eigenvalue weighted by molar-refractivity contribution is -0.112. The van der Waals surface area contributed by atoms with Crippen LogP contribution >= 0.6 is 12.4 Å². The molecule has 0 bridgehead atoms. The van der Waals surface area contributed by atoms with E-state index in [1.54, 1.807) is 32.6 Å². The zero-order valence-corrected chi connectivity index (χ0v) is 19.1. The highest BCUT2D eigenvalue weighted by Crippen LogP contribution is 2.33. The molecule has 0 fully saturated rings. The van der Waals surface area contributed by atoms with Crippen molar-refractivity contribution in [3.8, 4) is 11.5 Å². The molecular formula is C20H27ClN4O5S. The summed E-state index contributed by atoms with van der Waals surface area (Å²) in [4.78, 5) is 7.60. The SMILES string of the molecule is COc1cc2c(cc1OC)CN(CCCNS(=O)(=O)C1=CC=CN3ONC=C13)CC2.Cl. The van der Waals surface area contributed by atoms with Crippen molar-refractivity contribution in [2.75, 3.05) is 33.9 Å². The number of sulfonamides is 1. The van der Waals surface area contributed by atoms with Crippen LogP contribution in [0.25, 0.3) is 0 Å². The van der Waals surface area contributed by atoms with Gasteiger partial charge in [0.25, 0.3) is 0 Å². The Morgan fingerprint density at radius 1 is 1.19 bits per heavy atom. The molecule has 0 amide bonds. The van der Waals surface area contributed by atoms with Crippen LogP contribution in [0.3, 0.4) is 0 Å². The van der Waals surface area contributed by atoms with Gasteiger partial charge in [-0.2, -0.15) is 4.94 Å². The molecule has 9 nitrogen and oxygen atoms in total. The molecular weight excluding hydrogens is 444 g/mol. The first-order chi connectivity index (χ1) is 14.5. The van der Waals surface area contributed by atoms with Crippen molar-refractivity contribution in [2.45, 2.75) is 19.4 Å². The smallest absolute Gasteiger partial charge is 0.242 e. The summed E-state index contributed by atoms with van der Waals surface area (Å²) < 4.78 is 38.8. The Morgan fingerprint density at radius 2 is 1.94 bits per heavy atom. The molecule has 3 heterocycles. The normalized spacial score (nSPS) is 17.7. The van der Waals surface area contributed by atoms with Gasteiger partial charge in [-0.05, 0) is 54.8 Å². The molecule has 1 aromatic carbocycles. The summed E-state index contributed by atoms with van der Waals surface area (Å²) in [6.45, 7) is 2.90. The van der Waals surface area contributed by atoms with Crippen molar-refractivity contribution < 1.29 is 22.8 Å². The summed E-state index contributed by atoms with van der Waals surface area (Å²) in [6, 6.07) is 4.08. The van der Waals surface area contributed by atoms with Crippen LogP contribution in [0.2, 0.25) is 0 Å². The first-order valence-electron chi connectivity index (χ1n) is 9.78. The number of nitrogens with zero attached hydrogens (tertiary/aromatic N) is 2. The van der Waals surface area contributed by atoms with Crippen LogP contribution in [0.5, 0.6) is 11.5 Å². The summed E-state index contributed by atoms with van der Waals surface area (Å²) >= 11 is 0. The predicted octanol–water partition coefficient (Wildman–Crippen LogP) is 1.80. The fourth-order valence-corrected chi connectivity index (χ4v) is 5.03. The molecule has 0 saturated carbocycles. The maximum atomic E-state index is 12.7.